The van der Waals surface area contributed by atoms with Crippen LogP contribution >= 0.6 is 0 Å². The Labute approximate surface area is 211 Å². The van der Waals surface area contributed by atoms with E-state index >= 15 is 0 Å². The molecule has 2 nitrogen and oxygen atoms in total. The number of quaternary nitrogens is 1. The highest BCUT2D eigenvalue weighted by Gasteiger charge is 2.17. The van der Waals surface area contributed by atoms with Crippen LogP contribution in [0.4, 0.5) is 0 Å². The largest absolute Gasteiger partial charge is 0.317 e. The molecule has 0 unspecified atom stereocenters. The lowest BCUT2D eigenvalue weighted by molar-refractivity contribution is -0.839. The van der Waals surface area contributed by atoms with Gasteiger partial charge in [-0.25, -0.2) is 0 Å². The molecule has 0 saturated heterocycles. The Bertz CT molecular complexity index is 521. The Morgan fingerprint density at radius 3 is 1.67 bits per heavy atom. The van der Waals surface area contributed by atoms with Crippen molar-refractivity contribution >= 4 is 10.2 Å². The molecule has 0 aromatic carbocycles. The van der Waals surface area contributed by atoms with E-state index in [0.717, 1.165) is 17.1 Å². The number of nitrogens with one attached hydrogen (secondary N) is 1. The summed E-state index contributed by atoms with van der Waals surface area (Å²) in [5.74, 6) is 0. The van der Waals surface area contributed by atoms with Gasteiger partial charge in [-0.2, -0.15) is 0 Å². The molecule has 0 aromatic heterocycles. The average molecular weight is 472 g/mol. The summed E-state index contributed by atoms with van der Waals surface area (Å²) < 4.78 is 0.985. The summed E-state index contributed by atoms with van der Waals surface area (Å²) in [5.41, 5.74) is 1.34. The fourth-order valence-corrected chi connectivity index (χ4v) is 4.77. The van der Waals surface area contributed by atoms with Crippen LogP contribution in [0.25, 0.3) is 0 Å². The Hall–Kier alpha value is -0.773. The van der Waals surface area contributed by atoms with Crippen LogP contribution in [-0.4, -0.2) is 48.5 Å². The van der Waals surface area contributed by atoms with Crippen LogP contribution < -0.4 is 5.32 Å². The smallest absolute Gasteiger partial charge is 0.177 e. The molecule has 3 radical (unpaired) electrons. The van der Waals surface area contributed by atoms with Crippen molar-refractivity contribution in [2.75, 3.05) is 33.7 Å². The van der Waals surface area contributed by atoms with Crippen LogP contribution in [0.2, 0.25) is 6.04 Å². The monoisotopic (exact) mass is 471 g/mol. The van der Waals surface area contributed by atoms with Crippen LogP contribution in [-0.2, 0) is 0 Å². The van der Waals surface area contributed by atoms with Gasteiger partial charge < -0.3 is 5.32 Å². The lowest BCUT2D eigenvalue weighted by atomic mass is 10.0. The summed E-state index contributed by atoms with van der Waals surface area (Å²) in [6.45, 7) is 3.61. The highest BCUT2D eigenvalue weighted by Crippen LogP contribution is 2.16. The maximum atomic E-state index is 3.52. The summed E-state index contributed by atoms with van der Waals surface area (Å²) in [7, 11) is 8.16. The van der Waals surface area contributed by atoms with E-state index in [9.17, 15) is 0 Å². The van der Waals surface area contributed by atoms with Crippen molar-refractivity contribution in [2.45, 2.75) is 115 Å². The predicted molar refractivity (Wildman–Crippen MR) is 150 cm³/mol. The first kappa shape index (κ1) is 30.3. The van der Waals surface area contributed by atoms with Gasteiger partial charge in [0.1, 0.15) is 5.57 Å². The minimum atomic E-state index is 0.985. The van der Waals surface area contributed by atoms with Crippen LogP contribution in [0, 0.1) is 6.42 Å². The van der Waals surface area contributed by atoms with Crippen molar-refractivity contribution in [3.05, 3.63) is 42.5 Å². The first-order chi connectivity index (χ1) is 16.1. The number of allylic oxidation sites excluding steroid dienone is 5. The third-order valence-corrected chi connectivity index (χ3v) is 7.02. The standard InChI is InChI=1S/C30H55N2Si/c1-32(2,29-30-23-18-17-19-24-30)27-21-16-14-12-10-8-6-4-3-5-7-9-11-13-15-20-25-31-26-22-28-33/h17-19,23-24,29,31H,3-16,20-22,25-28H2,1-2H3/q+2. The van der Waals surface area contributed by atoms with Crippen molar-refractivity contribution in [2.24, 2.45) is 0 Å². The van der Waals surface area contributed by atoms with Crippen molar-refractivity contribution in [1.82, 2.24) is 5.32 Å². The van der Waals surface area contributed by atoms with Gasteiger partial charge >= 0.3 is 0 Å². The van der Waals surface area contributed by atoms with E-state index in [1.807, 2.05) is 0 Å². The molecule has 187 valence electrons. The van der Waals surface area contributed by atoms with E-state index < -0.39 is 0 Å². The van der Waals surface area contributed by atoms with E-state index in [0.29, 0.717) is 0 Å². The molecule has 0 amide bonds. The molecule has 0 saturated carbocycles. The maximum Gasteiger partial charge on any atom is 0.177 e. The summed E-state index contributed by atoms with van der Waals surface area (Å²) in [6, 6.07) is 1.11. The van der Waals surface area contributed by atoms with Gasteiger partial charge in [0, 0.05) is 41.0 Å². The molecule has 0 aliphatic heterocycles. The lowest BCUT2D eigenvalue weighted by Gasteiger charge is -2.22. The van der Waals surface area contributed by atoms with Crippen LogP contribution in [0.3, 0.4) is 0 Å². The Morgan fingerprint density at radius 2 is 1.18 bits per heavy atom. The summed E-state index contributed by atoms with van der Waals surface area (Å²) in [6.07, 6.45) is 37.2. The average Bonchev–Trinajstić information content (AvgIpc) is 2.80. The van der Waals surface area contributed by atoms with Gasteiger partial charge in [-0.05, 0) is 38.8 Å². The normalized spacial score (nSPS) is 14.8. The number of hydrogen-bond acceptors (Lipinski definition) is 1. The molecule has 0 aromatic rings. The zero-order chi connectivity index (χ0) is 23.9. The SMILES string of the molecule is C[N+](C)(C=C1C=CC=C[CH+]1)CCCCCCCCCCCCCCCCCCNCCC[Si]. The quantitative estimate of drug-likeness (QED) is 0.0687. The van der Waals surface area contributed by atoms with Gasteiger partial charge in [0.25, 0.3) is 0 Å². The number of unbranched alkanes of at least 4 members (excludes halogenated alkanes) is 15. The summed E-state index contributed by atoms with van der Waals surface area (Å²) in [4.78, 5) is 0. The molecular weight excluding hydrogens is 416 g/mol. The van der Waals surface area contributed by atoms with Gasteiger partial charge in [-0.3, -0.25) is 4.48 Å². The maximum absolute atomic E-state index is 3.52. The van der Waals surface area contributed by atoms with Crippen molar-refractivity contribution in [3.8, 4) is 0 Å². The molecule has 3 heteroatoms. The number of nitrogens with zero attached hydrogens (tertiary/aromatic N) is 1. The van der Waals surface area contributed by atoms with E-state index in [-0.39, 0.29) is 0 Å². The molecule has 0 fully saturated rings. The second kappa shape index (κ2) is 21.7. The Kier molecular flexibility index (Phi) is 19.9. The fourth-order valence-electron chi connectivity index (χ4n) is 4.59. The molecule has 0 atom stereocenters. The molecule has 1 N–H and O–H groups in total. The number of rotatable bonds is 23. The second-order valence-electron chi connectivity index (χ2n) is 10.6. The molecule has 0 spiro atoms. The summed E-state index contributed by atoms with van der Waals surface area (Å²) in [5, 5.41) is 3.52. The first-order valence-electron chi connectivity index (χ1n) is 14.2. The Morgan fingerprint density at radius 1 is 0.697 bits per heavy atom. The molecule has 1 rings (SSSR count). The summed E-state index contributed by atoms with van der Waals surface area (Å²) >= 11 is 0. The predicted octanol–water partition coefficient (Wildman–Crippen LogP) is 8.09. The van der Waals surface area contributed by atoms with Gasteiger partial charge in [0.05, 0.1) is 20.6 Å². The van der Waals surface area contributed by atoms with Gasteiger partial charge in [0.2, 0.25) is 0 Å². The van der Waals surface area contributed by atoms with Gasteiger partial charge in [-0.1, -0.05) is 89.5 Å². The van der Waals surface area contributed by atoms with Gasteiger partial charge in [0.15, 0.2) is 6.20 Å². The van der Waals surface area contributed by atoms with Gasteiger partial charge in [-0.15, -0.1) is 0 Å². The Balaban J connectivity index is 1.76. The van der Waals surface area contributed by atoms with Crippen LogP contribution in [0.15, 0.2) is 36.1 Å². The molecule has 0 heterocycles. The minimum Gasteiger partial charge on any atom is -0.317 e. The molecular formula is C30H55N2Si+2. The molecule has 0 bridgehead atoms. The third kappa shape index (κ3) is 20.3. The lowest BCUT2D eigenvalue weighted by Crippen LogP contribution is -2.34. The minimum absolute atomic E-state index is 0.985. The number of hydrogen-bond donors (Lipinski definition) is 1. The highest BCUT2D eigenvalue weighted by atomic mass is 28.1. The van der Waals surface area contributed by atoms with E-state index in [4.69, 9.17) is 0 Å². The van der Waals surface area contributed by atoms with Crippen LogP contribution in [0.1, 0.15) is 109 Å². The van der Waals surface area contributed by atoms with E-state index in [1.165, 1.54) is 128 Å². The topological polar surface area (TPSA) is 12.0 Å². The van der Waals surface area contributed by atoms with Crippen LogP contribution in [0.5, 0.6) is 0 Å². The fraction of sp³-hybridized carbons (Fsp3) is 0.767. The van der Waals surface area contributed by atoms with E-state index in [1.54, 1.807) is 0 Å². The molecule has 33 heavy (non-hydrogen) atoms. The highest BCUT2D eigenvalue weighted by molar-refractivity contribution is 6.08. The van der Waals surface area contributed by atoms with Crippen molar-refractivity contribution in [3.63, 3.8) is 0 Å². The van der Waals surface area contributed by atoms with E-state index in [2.05, 4.69) is 66.6 Å². The molecule has 1 aliphatic rings. The third-order valence-electron chi connectivity index (χ3n) is 6.67. The zero-order valence-corrected chi connectivity index (χ0v) is 23.3. The molecule has 1 aliphatic carbocycles. The second-order valence-corrected chi connectivity index (χ2v) is 11.1. The van der Waals surface area contributed by atoms with Crippen molar-refractivity contribution in [1.29, 1.82) is 0 Å². The first-order valence-corrected chi connectivity index (χ1v) is 14.9. The van der Waals surface area contributed by atoms with Crippen molar-refractivity contribution < 1.29 is 4.48 Å². The zero-order valence-electron chi connectivity index (χ0n) is 22.3.